The molecule has 0 spiro atoms. The topological polar surface area (TPSA) is 65.1 Å². The van der Waals surface area contributed by atoms with Crippen molar-refractivity contribution in [3.05, 3.63) is 35.4 Å². The molecule has 1 aliphatic rings. The Morgan fingerprint density at radius 3 is 1.41 bits per heavy atom. The van der Waals surface area contributed by atoms with Gasteiger partial charge >= 0.3 is 11.9 Å². The molecule has 1 saturated heterocycles. The van der Waals surface area contributed by atoms with Gasteiger partial charge in [0.2, 0.25) is 0 Å². The third kappa shape index (κ3) is 29.4. The van der Waals surface area contributed by atoms with E-state index < -0.39 is 0 Å². The summed E-state index contributed by atoms with van der Waals surface area (Å²) in [7, 11) is 0. The fraction of sp³-hybridized carbons (Fsp3) is 0.778. The van der Waals surface area contributed by atoms with E-state index >= 15 is 0 Å². The summed E-state index contributed by atoms with van der Waals surface area (Å²) in [5.74, 6) is -0.133. The summed E-state index contributed by atoms with van der Waals surface area (Å²) in [5.41, 5.74) is 2.74. The van der Waals surface area contributed by atoms with Crippen molar-refractivity contribution in [2.24, 2.45) is 0 Å². The molecule has 1 aliphatic heterocycles. The minimum atomic E-state index is -0.0664. The highest BCUT2D eigenvalue weighted by Gasteiger charge is 2.20. The molecule has 0 saturated carbocycles. The molecule has 1 aromatic carbocycles. The van der Waals surface area contributed by atoms with Gasteiger partial charge in [-0.05, 0) is 57.1 Å². The van der Waals surface area contributed by atoms with Crippen LogP contribution < -0.4 is 0 Å². The highest BCUT2D eigenvalue weighted by molar-refractivity contribution is 5.69. The molecule has 0 radical (unpaired) electrons. The van der Waals surface area contributed by atoms with Gasteiger partial charge < -0.3 is 14.2 Å². The van der Waals surface area contributed by atoms with Crippen LogP contribution in [0.15, 0.2) is 24.3 Å². The quantitative estimate of drug-likeness (QED) is 0.0780. The van der Waals surface area contributed by atoms with Crippen LogP contribution in [0.25, 0.3) is 0 Å². The van der Waals surface area contributed by atoms with Crippen LogP contribution in [0.3, 0.4) is 0 Å². The monoisotopic (exact) mass is 576 g/mol. The number of benzene rings is 1. The number of rotatable bonds is 22. The lowest BCUT2D eigenvalue weighted by atomic mass is 10.1. The first-order valence-corrected chi connectivity index (χ1v) is 16.9. The second kappa shape index (κ2) is 29.6. The Balaban J connectivity index is 0.000000686. The summed E-state index contributed by atoms with van der Waals surface area (Å²) < 4.78 is 15.3. The Hall–Kier alpha value is -1.88. The molecule has 0 bridgehead atoms. The van der Waals surface area contributed by atoms with E-state index in [4.69, 9.17) is 14.2 Å². The second-order valence-corrected chi connectivity index (χ2v) is 11.4. The van der Waals surface area contributed by atoms with E-state index in [9.17, 15) is 9.59 Å². The molecule has 2 rings (SSSR count). The van der Waals surface area contributed by atoms with Crippen LogP contribution in [0, 0.1) is 13.8 Å². The average Bonchev–Trinajstić information content (AvgIpc) is 3.79. The fourth-order valence-electron chi connectivity index (χ4n) is 4.10. The van der Waals surface area contributed by atoms with Gasteiger partial charge in [-0.1, -0.05) is 122 Å². The number of esters is 2. The Morgan fingerprint density at radius 2 is 1.02 bits per heavy atom. The van der Waals surface area contributed by atoms with E-state index in [1.807, 2.05) is 0 Å². The van der Waals surface area contributed by atoms with Gasteiger partial charge in [0.1, 0.15) is 0 Å². The van der Waals surface area contributed by atoms with Gasteiger partial charge in [0.05, 0.1) is 25.9 Å². The summed E-state index contributed by atoms with van der Waals surface area (Å²) in [6.45, 7) is 12.8. The maximum Gasteiger partial charge on any atom is 0.305 e. The van der Waals surface area contributed by atoms with E-state index in [-0.39, 0.29) is 11.9 Å². The predicted molar refractivity (Wildman–Crippen MR) is 172 cm³/mol. The fourth-order valence-corrected chi connectivity index (χ4v) is 4.10. The summed E-state index contributed by atoms with van der Waals surface area (Å²) in [6, 6.07) is 8.36. The van der Waals surface area contributed by atoms with E-state index in [1.54, 1.807) is 0 Å². The van der Waals surface area contributed by atoms with Gasteiger partial charge in [-0.25, -0.2) is 0 Å². The van der Waals surface area contributed by atoms with Gasteiger partial charge in [-0.3, -0.25) is 9.59 Å². The SMILES string of the molecule is CCCCCCCCC1CO1.CCCCOC(=O)CCCCCCCCC(=O)OCCCC.Cc1ccccc1C. The summed E-state index contributed by atoms with van der Waals surface area (Å²) >= 11 is 0. The van der Waals surface area contributed by atoms with Crippen LogP contribution in [0.4, 0.5) is 0 Å². The van der Waals surface area contributed by atoms with Crippen molar-refractivity contribution in [3.8, 4) is 0 Å². The first kappa shape index (κ1) is 39.1. The number of ether oxygens (including phenoxy) is 3. The lowest BCUT2D eigenvalue weighted by Crippen LogP contribution is -2.05. The van der Waals surface area contributed by atoms with Crippen LogP contribution in [0.5, 0.6) is 0 Å². The third-order valence-corrected chi connectivity index (χ3v) is 7.24. The normalized spacial score (nSPS) is 13.3. The molecule has 0 N–H and O–H groups in total. The lowest BCUT2D eigenvalue weighted by Gasteiger charge is -2.05. The molecule has 1 aromatic rings. The molecule has 1 heterocycles. The largest absolute Gasteiger partial charge is 0.466 e. The molecule has 5 nitrogen and oxygen atoms in total. The maximum absolute atomic E-state index is 11.4. The number of aryl methyl sites for hydroxylation is 2. The number of hydrogen-bond acceptors (Lipinski definition) is 5. The first-order valence-electron chi connectivity index (χ1n) is 16.9. The smallest absolute Gasteiger partial charge is 0.305 e. The summed E-state index contributed by atoms with van der Waals surface area (Å²) in [5, 5.41) is 0. The molecule has 0 aliphatic carbocycles. The standard InChI is InChI=1S/C18H34O4.C10H20O.C8H10/c1-3-5-15-21-17(19)13-11-9-7-8-10-12-14-18(20)22-16-6-4-2;1-2-3-4-5-6-7-8-10-9-11-10;1-7-5-3-4-6-8(7)2/h3-16H2,1-2H3;10H,2-9H2,1H3;3-6H,1-2H3. The zero-order chi connectivity index (χ0) is 30.4. The van der Waals surface area contributed by atoms with Crippen molar-refractivity contribution in [2.45, 2.75) is 163 Å². The molecule has 0 amide bonds. The summed E-state index contributed by atoms with van der Waals surface area (Å²) in [6.07, 6.45) is 21.6. The molecule has 238 valence electrons. The third-order valence-electron chi connectivity index (χ3n) is 7.24. The first-order chi connectivity index (χ1) is 19.9. The highest BCUT2D eigenvalue weighted by atomic mass is 16.6. The molecule has 5 heteroatoms. The molecule has 41 heavy (non-hydrogen) atoms. The van der Waals surface area contributed by atoms with Crippen LogP contribution in [0.2, 0.25) is 0 Å². The van der Waals surface area contributed by atoms with Crippen LogP contribution in [0.1, 0.15) is 154 Å². The van der Waals surface area contributed by atoms with E-state index in [2.05, 4.69) is 58.9 Å². The second-order valence-electron chi connectivity index (χ2n) is 11.4. The summed E-state index contributed by atoms with van der Waals surface area (Å²) in [4.78, 5) is 22.7. The number of carbonyl (C=O) groups is 2. The number of unbranched alkanes of at least 4 members (excludes halogenated alkanes) is 12. The number of epoxide rings is 1. The van der Waals surface area contributed by atoms with Crippen molar-refractivity contribution in [1.82, 2.24) is 0 Å². The van der Waals surface area contributed by atoms with E-state index in [1.165, 1.54) is 56.1 Å². The van der Waals surface area contributed by atoms with Crippen LogP contribution >= 0.6 is 0 Å². The van der Waals surface area contributed by atoms with Gasteiger partial charge in [0.15, 0.2) is 0 Å². The van der Waals surface area contributed by atoms with Crippen molar-refractivity contribution in [1.29, 1.82) is 0 Å². The molecular weight excluding hydrogens is 512 g/mol. The zero-order valence-corrected chi connectivity index (χ0v) is 27.5. The van der Waals surface area contributed by atoms with Crippen LogP contribution in [-0.2, 0) is 23.8 Å². The van der Waals surface area contributed by atoms with Crippen LogP contribution in [-0.4, -0.2) is 37.9 Å². The Labute approximate surface area is 253 Å². The van der Waals surface area contributed by atoms with Gasteiger partial charge in [-0.2, -0.15) is 0 Å². The Morgan fingerprint density at radius 1 is 0.634 bits per heavy atom. The van der Waals surface area contributed by atoms with Crippen molar-refractivity contribution >= 4 is 11.9 Å². The highest BCUT2D eigenvalue weighted by Crippen LogP contribution is 2.18. The molecule has 1 unspecified atom stereocenters. The van der Waals surface area contributed by atoms with E-state index in [0.717, 1.165) is 70.8 Å². The molecule has 0 aromatic heterocycles. The van der Waals surface area contributed by atoms with Gasteiger partial charge in [-0.15, -0.1) is 0 Å². The van der Waals surface area contributed by atoms with Crippen molar-refractivity contribution in [3.63, 3.8) is 0 Å². The molecule has 1 atom stereocenters. The maximum atomic E-state index is 11.4. The predicted octanol–water partition coefficient (Wildman–Crippen LogP) is 10.2. The molecule has 1 fully saturated rings. The lowest BCUT2D eigenvalue weighted by molar-refractivity contribution is -0.144. The molecular formula is C36H64O5. The van der Waals surface area contributed by atoms with Gasteiger partial charge in [0.25, 0.3) is 0 Å². The van der Waals surface area contributed by atoms with Crippen molar-refractivity contribution in [2.75, 3.05) is 19.8 Å². The average molecular weight is 577 g/mol. The Kier molecular flexibility index (Phi) is 28.2. The van der Waals surface area contributed by atoms with Gasteiger partial charge in [0, 0.05) is 12.8 Å². The minimum Gasteiger partial charge on any atom is -0.466 e. The number of hydrogen-bond donors (Lipinski definition) is 0. The van der Waals surface area contributed by atoms with E-state index in [0.29, 0.717) is 32.2 Å². The van der Waals surface area contributed by atoms with Crippen molar-refractivity contribution < 1.29 is 23.8 Å². The minimum absolute atomic E-state index is 0.0664. The zero-order valence-electron chi connectivity index (χ0n) is 27.5. The number of carbonyl (C=O) groups excluding carboxylic acids is 2. The Bertz CT molecular complexity index is 679.